The highest BCUT2D eigenvalue weighted by molar-refractivity contribution is 5.92. The molecule has 110 valence electrons. The summed E-state index contributed by atoms with van der Waals surface area (Å²) in [5, 5.41) is 2.91. The van der Waals surface area contributed by atoms with Crippen molar-refractivity contribution < 1.29 is 9.18 Å². The van der Waals surface area contributed by atoms with Crippen molar-refractivity contribution in [1.29, 1.82) is 0 Å². The van der Waals surface area contributed by atoms with Crippen molar-refractivity contribution in [2.24, 2.45) is 0 Å². The summed E-state index contributed by atoms with van der Waals surface area (Å²) in [6, 6.07) is 8.17. The third-order valence-electron chi connectivity index (χ3n) is 3.34. The van der Waals surface area contributed by atoms with Gasteiger partial charge >= 0.3 is 0 Å². The minimum atomic E-state index is -0.264. The van der Waals surface area contributed by atoms with Crippen LogP contribution in [0.5, 0.6) is 0 Å². The Morgan fingerprint density at radius 3 is 2.48 bits per heavy atom. The summed E-state index contributed by atoms with van der Waals surface area (Å²) in [7, 11) is 0. The van der Waals surface area contributed by atoms with Crippen LogP contribution in [0, 0.1) is 26.6 Å². The summed E-state index contributed by atoms with van der Waals surface area (Å²) in [4.78, 5) is 16.4. The first-order chi connectivity index (χ1) is 9.95. The number of aromatic nitrogens is 1. The van der Waals surface area contributed by atoms with Gasteiger partial charge in [0.25, 0.3) is 0 Å². The highest BCUT2D eigenvalue weighted by atomic mass is 19.1. The monoisotopic (exact) mass is 286 g/mol. The number of hydrogen-bond acceptors (Lipinski definition) is 2. The molecule has 0 aliphatic rings. The zero-order valence-electron chi connectivity index (χ0n) is 12.5. The number of halogens is 1. The van der Waals surface area contributed by atoms with Crippen molar-refractivity contribution in [3.8, 4) is 0 Å². The van der Waals surface area contributed by atoms with Gasteiger partial charge in [-0.1, -0.05) is 12.1 Å². The number of benzene rings is 1. The second kappa shape index (κ2) is 6.48. The predicted molar refractivity (Wildman–Crippen MR) is 81.8 cm³/mol. The Morgan fingerprint density at radius 1 is 1.19 bits per heavy atom. The molecular weight excluding hydrogens is 267 g/mol. The van der Waals surface area contributed by atoms with Crippen LogP contribution in [-0.4, -0.2) is 10.9 Å². The lowest BCUT2D eigenvalue weighted by atomic mass is 10.1. The second-order valence-electron chi connectivity index (χ2n) is 5.22. The largest absolute Gasteiger partial charge is 0.324 e. The number of nitrogens with one attached hydrogen (secondary N) is 1. The maximum absolute atomic E-state index is 12.8. The molecule has 0 aliphatic heterocycles. The van der Waals surface area contributed by atoms with Crippen LogP contribution in [0.1, 0.15) is 28.9 Å². The number of carbonyl (C=O) groups excluding carboxylic acids is 1. The van der Waals surface area contributed by atoms with E-state index in [0.29, 0.717) is 12.8 Å². The average Bonchev–Trinajstić information content (AvgIpc) is 2.42. The molecule has 2 rings (SSSR count). The highest BCUT2D eigenvalue weighted by Gasteiger charge is 2.09. The fourth-order valence-corrected chi connectivity index (χ4v) is 2.32. The maximum atomic E-state index is 12.8. The van der Waals surface area contributed by atoms with Crippen LogP contribution in [0.25, 0.3) is 0 Å². The normalized spacial score (nSPS) is 10.5. The van der Waals surface area contributed by atoms with E-state index in [0.717, 1.165) is 28.2 Å². The number of rotatable bonds is 4. The zero-order valence-corrected chi connectivity index (χ0v) is 12.5. The topological polar surface area (TPSA) is 42.0 Å². The number of nitrogens with zero attached hydrogens (tertiary/aromatic N) is 1. The number of aryl methyl sites for hydroxylation is 4. The van der Waals surface area contributed by atoms with Gasteiger partial charge in [0, 0.05) is 12.1 Å². The van der Waals surface area contributed by atoms with Gasteiger partial charge in [-0.2, -0.15) is 0 Å². The smallest absolute Gasteiger partial charge is 0.224 e. The molecule has 2 aromatic rings. The van der Waals surface area contributed by atoms with E-state index in [9.17, 15) is 9.18 Å². The molecule has 0 saturated carbocycles. The van der Waals surface area contributed by atoms with Crippen molar-refractivity contribution >= 4 is 11.6 Å². The third kappa shape index (κ3) is 4.12. The summed E-state index contributed by atoms with van der Waals surface area (Å²) in [5.41, 5.74) is 4.50. The summed E-state index contributed by atoms with van der Waals surface area (Å²) in [6.07, 6.45) is 0.946. The molecule has 4 heteroatoms. The number of carbonyl (C=O) groups is 1. The molecule has 1 heterocycles. The van der Waals surface area contributed by atoms with E-state index in [-0.39, 0.29) is 11.7 Å². The van der Waals surface area contributed by atoms with Crippen molar-refractivity contribution in [3.05, 3.63) is 58.7 Å². The van der Waals surface area contributed by atoms with Gasteiger partial charge in [0.05, 0.1) is 11.4 Å². The molecule has 1 N–H and O–H groups in total. The molecule has 0 fully saturated rings. The lowest BCUT2D eigenvalue weighted by molar-refractivity contribution is -0.116. The fraction of sp³-hybridized carbons (Fsp3) is 0.294. The molecule has 0 atom stereocenters. The van der Waals surface area contributed by atoms with E-state index >= 15 is 0 Å². The van der Waals surface area contributed by atoms with Gasteiger partial charge in [0.15, 0.2) is 0 Å². The average molecular weight is 286 g/mol. The minimum Gasteiger partial charge on any atom is -0.324 e. The number of pyridine rings is 1. The Bertz CT molecular complexity index is 627. The van der Waals surface area contributed by atoms with Crippen molar-refractivity contribution in [2.75, 3.05) is 5.32 Å². The van der Waals surface area contributed by atoms with Gasteiger partial charge in [-0.25, -0.2) is 4.39 Å². The second-order valence-corrected chi connectivity index (χ2v) is 5.22. The summed E-state index contributed by atoms with van der Waals surface area (Å²) < 4.78 is 12.8. The Hall–Kier alpha value is -2.23. The minimum absolute atomic E-state index is 0.0591. The highest BCUT2D eigenvalue weighted by Crippen LogP contribution is 2.19. The van der Waals surface area contributed by atoms with Gasteiger partial charge in [-0.15, -0.1) is 0 Å². The zero-order chi connectivity index (χ0) is 15.4. The standard InChI is InChI=1S/C17H19FN2O/c1-11-10-12(2)19-13(3)17(11)20-16(21)9-6-14-4-7-15(18)8-5-14/h4-5,7-8,10H,6,9H2,1-3H3,(H,20,21). The molecule has 21 heavy (non-hydrogen) atoms. The maximum Gasteiger partial charge on any atom is 0.224 e. The van der Waals surface area contributed by atoms with Crippen LogP contribution >= 0.6 is 0 Å². The van der Waals surface area contributed by atoms with Gasteiger partial charge in [-0.05, 0) is 56.5 Å². The van der Waals surface area contributed by atoms with Crippen LogP contribution < -0.4 is 5.32 Å². The first-order valence-corrected chi connectivity index (χ1v) is 6.95. The van der Waals surface area contributed by atoms with Crippen molar-refractivity contribution in [2.45, 2.75) is 33.6 Å². The number of anilines is 1. The summed E-state index contributed by atoms with van der Waals surface area (Å²) in [5.74, 6) is -0.323. The molecule has 1 aromatic carbocycles. The van der Waals surface area contributed by atoms with Crippen LogP contribution in [0.3, 0.4) is 0 Å². The Balaban J connectivity index is 1.97. The molecule has 0 bridgehead atoms. The summed E-state index contributed by atoms with van der Waals surface area (Å²) in [6.45, 7) is 5.77. The van der Waals surface area contributed by atoms with E-state index in [2.05, 4.69) is 10.3 Å². The molecule has 0 spiro atoms. The van der Waals surface area contributed by atoms with E-state index in [1.54, 1.807) is 12.1 Å². The lowest BCUT2D eigenvalue weighted by Crippen LogP contribution is -2.15. The van der Waals surface area contributed by atoms with E-state index in [1.165, 1.54) is 12.1 Å². The van der Waals surface area contributed by atoms with Crippen LogP contribution in [0.4, 0.5) is 10.1 Å². The quantitative estimate of drug-likeness (QED) is 0.930. The third-order valence-corrected chi connectivity index (χ3v) is 3.34. The lowest BCUT2D eigenvalue weighted by Gasteiger charge is -2.12. The Morgan fingerprint density at radius 2 is 1.86 bits per heavy atom. The van der Waals surface area contributed by atoms with Crippen molar-refractivity contribution in [3.63, 3.8) is 0 Å². The number of amides is 1. The first kappa shape index (κ1) is 15.2. The molecule has 0 aliphatic carbocycles. The Labute approximate surface area is 124 Å². The van der Waals surface area contributed by atoms with Gasteiger partial charge in [0.1, 0.15) is 5.82 Å². The predicted octanol–water partition coefficient (Wildman–Crippen LogP) is 3.72. The van der Waals surface area contributed by atoms with Gasteiger partial charge in [-0.3, -0.25) is 9.78 Å². The van der Waals surface area contributed by atoms with Crippen LogP contribution in [0.15, 0.2) is 30.3 Å². The first-order valence-electron chi connectivity index (χ1n) is 6.95. The van der Waals surface area contributed by atoms with E-state index < -0.39 is 0 Å². The SMILES string of the molecule is Cc1cc(C)c(NC(=O)CCc2ccc(F)cc2)c(C)n1. The molecule has 1 amide bonds. The number of hydrogen-bond donors (Lipinski definition) is 1. The van der Waals surface area contributed by atoms with Gasteiger partial charge in [0.2, 0.25) is 5.91 Å². The molecular formula is C17H19FN2O. The molecule has 0 unspecified atom stereocenters. The molecule has 3 nitrogen and oxygen atoms in total. The van der Waals surface area contributed by atoms with E-state index in [1.807, 2.05) is 26.8 Å². The van der Waals surface area contributed by atoms with Gasteiger partial charge < -0.3 is 5.32 Å². The molecule has 1 aromatic heterocycles. The molecule has 0 radical (unpaired) electrons. The molecule has 0 saturated heterocycles. The van der Waals surface area contributed by atoms with Crippen LogP contribution in [0.2, 0.25) is 0 Å². The van der Waals surface area contributed by atoms with Crippen LogP contribution in [-0.2, 0) is 11.2 Å². The summed E-state index contributed by atoms with van der Waals surface area (Å²) >= 11 is 0. The fourth-order valence-electron chi connectivity index (χ4n) is 2.32. The van der Waals surface area contributed by atoms with Crippen molar-refractivity contribution in [1.82, 2.24) is 4.98 Å². The Kier molecular flexibility index (Phi) is 4.68. The van der Waals surface area contributed by atoms with E-state index in [4.69, 9.17) is 0 Å².